The Labute approximate surface area is 122 Å². The minimum Gasteiger partial charge on any atom is -0.465 e. The van der Waals surface area contributed by atoms with Crippen LogP contribution < -0.4 is 4.90 Å². The molecule has 0 radical (unpaired) electrons. The van der Waals surface area contributed by atoms with Gasteiger partial charge >= 0.3 is 5.97 Å². The maximum absolute atomic E-state index is 12.5. The lowest BCUT2D eigenvalue weighted by Crippen LogP contribution is -2.28. The average molecular weight is 288 g/mol. The average Bonchev–Trinajstić information content (AvgIpc) is 2.83. The summed E-state index contributed by atoms with van der Waals surface area (Å²) in [4.78, 5) is 29.7. The number of para-hydroxylation sites is 1. The van der Waals surface area contributed by atoms with Crippen LogP contribution in [0, 0.1) is 13.8 Å². The molecule has 1 aromatic heterocycles. The van der Waals surface area contributed by atoms with Crippen LogP contribution in [0.15, 0.2) is 28.7 Å². The first-order chi connectivity index (χ1) is 9.95. The van der Waals surface area contributed by atoms with E-state index in [0.717, 1.165) is 0 Å². The van der Waals surface area contributed by atoms with Crippen molar-refractivity contribution < 1.29 is 18.7 Å². The summed E-state index contributed by atoms with van der Waals surface area (Å²) in [6, 6.07) is 6.72. The fraction of sp³-hybridized carbons (Fsp3) is 0.267. The molecule has 0 atom stereocenters. The summed E-state index contributed by atoms with van der Waals surface area (Å²) in [5.74, 6) is -0.291. The molecule has 6 nitrogen and oxygen atoms in total. The zero-order valence-electron chi connectivity index (χ0n) is 12.3. The van der Waals surface area contributed by atoms with E-state index >= 15 is 0 Å². The lowest BCUT2D eigenvalue weighted by Gasteiger charge is -2.18. The SMILES string of the molecule is COC(=O)c1ccccc1N(C)C(=O)c1oc(C)nc1C. The lowest BCUT2D eigenvalue weighted by molar-refractivity contribution is 0.0601. The number of hydrogen-bond donors (Lipinski definition) is 0. The highest BCUT2D eigenvalue weighted by molar-refractivity contribution is 6.08. The Balaban J connectivity index is 2.41. The van der Waals surface area contributed by atoms with E-state index in [1.807, 2.05) is 0 Å². The molecule has 0 aliphatic carbocycles. The number of oxazole rings is 1. The third kappa shape index (κ3) is 2.79. The van der Waals surface area contributed by atoms with Gasteiger partial charge in [0.25, 0.3) is 5.91 Å². The minimum atomic E-state index is -0.504. The number of hydrogen-bond acceptors (Lipinski definition) is 5. The minimum absolute atomic E-state index is 0.162. The number of anilines is 1. The molecule has 0 spiro atoms. The molecule has 0 saturated heterocycles. The predicted octanol–water partition coefficient (Wildman–Crippen LogP) is 2.35. The zero-order valence-corrected chi connectivity index (χ0v) is 12.3. The second-order valence-corrected chi connectivity index (χ2v) is 4.52. The van der Waals surface area contributed by atoms with E-state index in [1.165, 1.54) is 12.0 Å². The summed E-state index contributed by atoms with van der Waals surface area (Å²) in [7, 11) is 2.87. The predicted molar refractivity (Wildman–Crippen MR) is 76.5 cm³/mol. The van der Waals surface area contributed by atoms with Crippen LogP contribution in [0.5, 0.6) is 0 Å². The third-order valence-electron chi connectivity index (χ3n) is 3.07. The number of ether oxygens (including phenoxy) is 1. The Morgan fingerprint density at radius 3 is 2.48 bits per heavy atom. The van der Waals surface area contributed by atoms with Gasteiger partial charge in [-0.1, -0.05) is 12.1 Å². The van der Waals surface area contributed by atoms with E-state index in [9.17, 15) is 9.59 Å². The van der Waals surface area contributed by atoms with Gasteiger partial charge in [-0.2, -0.15) is 0 Å². The molecule has 0 saturated carbocycles. The highest BCUT2D eigenvalue weighted by atomic mass is 16.5. The third-order valence-corrected chi connectivity index (χ3v) is 3.07. The van der Waals surface area contributed by atoms with E-state index in [1.54, 1.807) is 45.2 Å². The molecule has 21 heavy (non-hydrogen) atoms. The molecular formula is C15H16N2O4. The second-order valence-electron chi connectivity index (χ2n) is 4.52. The molecule has 2 rings (SSSR count). The standard InChI is InChI=1S/C15H16N2O4/c1-9-13(21-10(2)16-9)14(18)17(3)12-8-6-5-7-11(12)15(19)20-4/h5-8H,1-4H3. The Morgan fingerprint density at radius 2 is 1.90 bits per heavy atom. The van der Waals surface area contributed by atoms with Gasteiger partial charge in [0, 0.05) is 14.0 Å². The quantitative estimate of drug-likeness (QED) is 0.811. The number of aromatic nitrogens is 1. The largest absolute Gasteiger partial charge is 0.465 e. The first-order valence-electron chi connectivity index (χ1n) is 6.35. The highest BCUT2D eigenvalue weighted by Gasteiger charge is 2.24. The van der Waals surface area contributed by atoms with Gasteiger partial charge in [-0.25, -0.2) is 9.78 Å². The fourth-order valence-corrected chi connectivity index (χ4v) is 2.04. The number of benzene rings is 1. The van der Waals surface area contributed by atoms with Crippen molar-refractivity contribution in [1.82, 2.24) is 4.98 Å². The second kappa shape index (κ2) is 5.78. The smallest absolute Gasteiger partial charge is 0.339 e. The Hall–Kier alpha value is -2.63. The van der Waals surface area contributed by atoms with E-state index < -0.39 is 5.97 Å². The summed E-state index contributed by atoms with van der Waals surface area (Å²) in [5, 5.41) is 0. The van der Waals surface area contributed by atoms with E-state index in [2.05, 4.69) is 4.98 Å². The first-order valence-corrected chi connectivity index (χ1v) is 6.35. The van der Waals surface area contributed by atoms with Gasteiger partial charge in [-0.05, 0) is 19.1 Å². The van der Waals surface area contributed by atoms with Crippen LogP contribution in [0.25, 0.3) is 0 Å². The zero-order chi connectivity index (χ0) is 15.6. The summed E-state index contributed by atoms with van der Waals surface area (Å²) < 4.78 is 10.1. The maximum Gasteiger partial charge on any atom is 0.339 e. The summed E-state index contributed by atoms with van der Waals surface area (Å²) in [6.45, 7) is 3.37. The fourth-order valence-electron chi connectivity index (χ4n) is 2.04. The number of rotatable bonds is 3. The van der Waals surface area contributed by atoms with Crippen LogP contribution in [-0.2, 0) is 4.74 Å². The first kappa shape index (κ1) is 14.8. The molecule has 1 aromatic carbocycles. The molecule has 0 aliphatic heterocycles. The van der Waals surface area contributed by atoms with Crippen LogP contribution in [0.1, 0.15) is 32.5 Å². The monoisotopic (exact) mass is 288 g/mol. The number of carbonyl (C=O) groups is 2. The van der Waals surface area contributed by atoms with E-state index in [4.69, 9.17) is 9.15 Å². The maximum atomic E-state index is 12.5. The molecule has 0 N–H and O–H groups in total. The molecule has 6 heteroatoms. The van der Waals surface area contributed by atoms with Crippen LogP contribution in [0.2, 0.25) is 0 Å². The van der Waals surface area contributed by atoms with Gasteiger partial charge in [0.1, 0.15) is 0 Å². The van der Waals surface area contributed by atoms with Crippen LogP contribution in [0.4, 0.5) is 5.69 Å². The summed E-state index contributed by atoms with van der Waals surface area (Å²) in [5.41, 5.74) is 1.27. The van der Waals surface area contributed by atoms with Gasteiger partial charge in [0.2, 0.25) is 5.76 Å². The molecule has 0 bridgehead atoms. The molecule has 0 unspecified atom stereocenters. The van der Waals surface area contributed by atoms with E-state index in [0.29, 0.717) is 22.8 Å². The van der Waals surface area contributed by atoms with Crippen molar-refractivity contribution in [3.63, 3.8) is 0 Å². The van der Waals surface area contributed by atoms with E-state index in [-0.39, 0.29) is 11.7 Å². The molecule has 2 aromatic rings. The van der Waals surface area contributed by atoms with Crippen molar-refractivity contribution in [2.45, 2.75) is 13.8 Å². The van der Waals surface area contributed by atoms with Gasteiger partial charge in [-0.15, -0.1) is 0 Å². The number of carbonyl (C=O) groups excluding carboxylic acids is 2. The topological polar surface area (TPSA) is 72.6 Å². The van der Waals surface area contributed by atoms with Crippen molar-refractivity contribution in [3.05, 3.63) is 47.2 Å². The lowest BCUT2D eigenvalue weighted by atomic mass is 10.1. The number of amides is 1. The molecule has 110 valence electrons. The van der Waals surface area contributed by atoms with Gasteiger partial charge in [-0.3, -0.25) is 4.79 Å². The van der Waals surface area contributed by atoms with Crippen LogP contribution in [0.3, 0.4) is 0 Å². The van der Waals surface area contributed by atoms with Crippen molar-refractivity contribution in [1.29, 1.82) is 0 Å². The summed E-state index contributed by atoms with van der Waals surface area (Å²) in [6.07, 6.45) is 0. The normalized spacial score (nSPS) is 10.3. The van der Waals surface area contributed by atoms with Gasteiger partial charge in [0.05, 0.1) is 24.1 Å². The number of methoxy groups -OCH3 is 1. The van der Waals surface area contributed by atoms with Crippen molar-refractivity contribution >= 4 is 17.6 Å². The molecule has 1 amide bonds. The molecule has 1 heterocycles. The van der Waals surface area contributed by atoms with Crippen LogP contribution in [-0.4, -0.2) is 31.0 Å². The number of esters is 1. The molecule has 0 aliphatic rings. The van der Waals surface area contributed by atoms with Crippen molar-refractivity contribution in [3.8, 4) is 0 Å². The number of nitrogens with zero attached hydrogens (tertiary/aromatic N) is 2. The summed E-state index contributed by atoms with van der Waals surface area (Å²) >= 11 is 0. The molecule has 0 fully saturated rings. The van der Waals surface area contributed by atoms with Gasteiger partial charge < -0.3 is 14.1 Å². The Kier molecular flexibility index (Phi) is 4.07. The Morgan fingerprint density at radius 1 is 1.24 bits per heavy atom. The number of aryl methyl sites for hydroxylation is 2. The van der Waals surface area contributed by atoms with Crippen molar-refractivity contribution in [2.75, 3.05) is 19.1 Å². The van der Waals surface area contributed by atoms with Crippen molar-refractivity contribution in [2.24, 2.45) is 0 Å². The molecular weight excluding hydrogens is 272 g/mol. The van der Waals surface area contributed by atoms with Crippen LogP contribution >= 0.6 is 0 Å². The highest BCUT2D eigenvalue weighted by Crippen LogP contribution is 2.23. The van der Waals surface area contributed by atoms with Gasteiger partial charge in [0.15, 0.2) is 5.89 Å². The Bertz CT molecular complexity index is 691.